The molecule has 2 fully saturated rings. The molecule has 2 bridgehead atoms. The first-order valence-corrected chi connectivity index (χ1v) is 8.59. The Kier molecular flexibility index (Phi) is 5.18. The second-order valence-electron chi connectivity index (χ2n) is 6.58. The van der Waals surface area contributed by atoms with Crippen LogP contribution in [0.4, 0.5) is 5.69 Å². The van der Waals surface area contributed by atoms with Gasteiger partial charge < -0.3 is 20.1 Å². The molecule has 5 heteroatoms. The highest BCUT2D eigenvalue weighted by molar-refractivity contribution is 5.92. The van der Waals surface area contributed by atoms with Gasteiger partial charge in [-0.25, -0.2) is 0 Å². The van der Waals surface area contributed by atoms with Gasteiger partial charge in [0, 0.05) is 26.1 Å². The number of piperidine rings is 1. The quantitative estimate of drug-likeness (QED) is 0.843. The molecule has 5 nitrogen and oxygen atoms in total. The molecule has 23 heavy (non-hydrogen) atoms. The molecule has 2 N–H and O–H groups in total. The number of anilines is 1. The van der Waals surface area contributed by atoms with Gasteiger partial charge in [0.25, 0.3) is 0 Å². The average molecular weight is 318 g/mol. The zero-order valence-electron chi connectivity index (χ0n) is 13.7. The molecule has 1 amide bonds. The van der Waals surface area contributed by atoms with Gasteiger partial charge in [-0.15, -0.1) is 0 Å². The van der Waals surface area contributed by atoms with Gasteiger partial charge in [0.1, 0.15) is 5.75 Å². The lowest BCUT2D eigenvalue weighted by Gasteiger charge is -2.35. The smallest absolute Gasteiger partial charge is 0.225 e. The van der Waals surface area contributed by atoms with Crippen molar-refractivity contribution in [2.24, 2.45) is 11.8 Å². The second kappa shape index (κ2) is 7.32. The molecule has 2 aliphatic rings. The molecular weight excluding hydrogens is 292 g/mol. The number of carbonyl (C=O) groups is 1. The van der Waals surface area contributed by atoms with E-state index < -0.39 is 0 Å². The largest absolute Gasteiger partial charge is 0.492 e. The molecule has 1 saturated carbocycles. The summed E-state index contributed by atoms with van der Waals surface area (Å²) in [5.74, 6) is 1.52. The highest BCUT2D eigenvalue weighted by atomic mass is 16.5. The molecule has 1 saturated heterocycles. The van der Waals surface area contributed by atoms with Crippen molar-refractivity contribution in [1.29, 1.82) is 0 Å². The number of rotatable bonds is 6. The van der Waals surface area contributed by atoms with Crippen molar-refractivity contribution >= 4 is 11.6 Å². The SMILES string of the molecule is CCOc1ccccc1NC(=O)CCN1C[C@H]2CC[C@@H](C1)C2O. The van der Waals surface area contributed by atoms with Crippen LogP contribution in [0.1, 0.15) is 26.2 Å². The minimum absolute atomic E-state index is 0.00984. The van der Waals surface area contributed by atoms with Gasteiger partial charge in [-0.05, 0) is 43.7 Å². The normalized spacial score (nSPS) is 27.0. The fourth-order valence-corrected chi connectivity index (χ4v) is 3.80. The molecule has 0 aromatic heterocycles. The van der Waals surface area contributed by atoms with Crippen molar-refractivity contribution in [3.8, 4) is 5.75 Å². The number of aliphatic hydroxyl groups is 1. The van der Waals surface area contributed by atoms with Crippen molar-refractivity contribution in [2.75, 3.05) is 31.6 Å². The fraction of sp³-hybridized carbons (Fsp3) is 0.611. The van der Waals surface area contributed by atoms with E-state index >= 15 is 0 Å². The number of para-hydroxylation sites is 2. The number of amides is 1. The van der Waals surface area contributed by atoms with Gasteiger partial charge in [0.2, 0.25) is 5.91 Å². The van der Waals surface area contributed by atoms with Crippen molar-refractivity contribution in [1.82, 2.24) is 4.90 Å². The summed E-state index contributed by atoms with van der Waals surface area (Å²) >= 11 is 0. The van der Waals surface area contributed by atoms with Gasteiger partial charge in [-0.1, -0.05) is 12.1 Å². The first-order chi connectivity index (χ1) is 11.2. The summed E-state index contributed by atoms with van der Waals surface area (Å²) < 4.78 is 5.53. The molecular formula is C18H26N2O3. The molecule has 1 heterocycles. The minimum Gasteiger partial charge on any atom is -0.492 e. The lowest BCUT2D eigenvalue weighted by Crippen LogP contribution is -2.45. The van der Waals surface area contributed by atoms with Crippen LogP contribution in [-0.2, 0) is 4.79 Å². The maximum atomic E-state index is 12.2. The van der Waals surface area contributed by atoms with E-state index in [0.717, 1.165) is 38.2 Å². The zero-order chi connectivity index (χ0) is 16.2. The van der Waals surface area contributed by atoms with Crippen molar-refractivity contribution in [2.45, 2.75) is 32.3 Å². The summed E-state index contributed by atoms with van der Waals surface area (Å²) in [6.07, 6.45) is 2.58. The van der Waals surface area contributed by atoms with Crippen LogP contribution in [0.2, 0.25) is 0 Å². The summed E-state index contributed by atoms with van der Waals surface area (Å²) in [5.41, 5.74) is 0.730. The maximum Gasteiger partial charge on any atom is 0.225 e. The highest BCUT2D eigenvalue weighted by Crippen LogP contribution is 2.36. The number of nitrogens with zero attached hydrogens (tertiary/aromatic N) is 1. The molecule has 1 aliphatic heterocycles. The number of hydrogen-bond acceptors (Lipinski definition) is 4. The Balaban J connectivity index is 1.49. The summed E-state index contributed by atoms with van der Waals surface area (Å²) in [4.78, 5) is 14.5. The molecule has 1 aliphatic carbocycles. The predicted octanol–water partition coefficient (Wildman–Crippen LogP) is 2.12. The average Bonchev–Trinajstić information content (AvgIpc) is 2.76. The van der Waals surface area contributed by atoms with Crippen LogP contribution >= 0.6 is 0 Å². The van der Waals surface area contributed by atoms with Gasteiger partial charge >= 0.3 is 0 Å². The van der Waals surface area contributed by atoms with Gasteiger partial charge in [-0.3, -0.25) is 4.79 Å². The van der Waals surface area contributed by atoms with Crippen LogP contribution in [0.3, 0.4) is 0 Å². The van der Waals surface area contributed by atoms with Crippen molar-refractivity contribution < 1.29 is 14.6 Å². The molecule has 0 radical (unpaired) electrons. The molecule has 0 spiro atoms. The number of benzene rings is 1. The van der Waals surface area contributed by atoms with Gasteiger partial charge in [0.05, 0.1) is 18.4 Å². The molecule has 3 atom stereocenters. The minimum atomic E-state index is -0.127. The first-order valence-electron chi connectivity index (χ1n) is 8.59. The van der Waals surface area contributed by atoms with E-state index in [0.29, 0.717) is 30.6 Å². The number of fused-ring (bicyclic) bond motifs is 2. The monoisotopic (exact) mass is 318 g/mol. The maximum absolute atomic E-state index is 12.2. The first kappa shape index (κ1) is 16.3. The second-order valence-corrected chi connectivity index (χ2v) is 6.58. The third kappa shape index (κ3) is 3.85. The summed E-state index contributed by atoms with van der Waals surface area (Å²) in [5, 5.41) is 13.0. The number of aliphatic hydroxyl groups excluding tert-OH is 1. The van der Waals surface area contributed by atoms with Crippen molar-refractivity contribution in [3.05, 3.63) is 24.3 Å². The highest BCUT2D eigenvalue weighted by Gasteiger charge is 2.40. The number of ether oxygens (including phenoxy) is 1. The summed E-state index contributed by atoms with van der Waals surface area (Å²) in [6, 6.07) is 7.51. The van der Waals surface area contributed by atoms with Crippen LogP contribution in [0, 0.1) is 11.8 Å². The van der Waals surface area contributed by atoms with E-state index in [1.807, 2.05) is 31.2 Å². The van der Waals surface area contributed by atoms with Crippen LogP contribution < -0.4 is 10.1 Å². The van der Waals surface area contributed by atoms with Gasteiger partial charge in [-0.2, -0.15) is 0 Å². The van der Waals surface area contributed by atoms with Crippen LogP contribution in [0.5, 0.6) is 5.75 Å². The van der Waals surface area contributed by atoms with E-state index in [1.165, 1.54) is 0 Å². The third-order valence-corrected chi connectivity index (χ3v) is 4.98. The van der Waals surface area contributed by atoms with Gasteiger partial charge in [0.15, 0.2) is 0 Å². The van der Waals surface area contributed by atoms with E-state index in [2.05, 4.69) is 10.2 Å². The van der Waals surface area contributed by atoms with Crippen LogP contribution in [-0.4, -0.2) is 48.3 Å². The van der Waals surface area contributed by atoms with E-state index in [4.69, 9.17) is 4.74 Å². The zero-order valence-corrected chi connectivity index (χ0v) is 13.7. The number of carbonyl (C=O) groups excluding carboxylic acids is 1. The Morgan fingerprint density at radius 2 is 2.00 bits per heavy atom. The Labute approximate surface area is 137 Å². The topological polar surface area (TPSA) is 61.8 Å². The van der Waals surface area contributed by atoms with Crippen molar-refractivity contribution in [3.63, 3.8) is 0 Å². The van der Waals surface area contributed by atoms with E-state index in [9.17, 15) is 9.90 Å². The Hall–Kier alpha value is -1.59. The molecule has 1 aromatic rings. The Morgan fingerprint density at radius 1 is 1.30 bits per heavy atom. The summed E-state index contributed by atoms with van der Waals surface area (Å²) in [6.45, 7) is 5.09. The van der Waals surface area contributed by atoms with E-state index in [-0.39, 0.29) is 12.0 Å². The predicted molar refractivity (Wildman–Crippen MR) is 89.5 cm³/mol. The fourth-order valence-electron chi connectivity index (χ4n) is 3.80. The number of likely N-dealkylation sites (tertiary alicyclic amines) is 1. The Morgan fingerprint density at radius 3 is 2.70 bits per heavy atom. The molecule has 1 unspecified atom stereocenters. The summed E-state index contributed by atoms with van der Waals surface area (Å²) in [7, 11) is 0. The molecule has 126 valence electrons. The van der Waals surface area contributed by atoms with Crippen LogP contribution in [0.25, 0.3) is 0 Å². The standard InChI is InChI=1S/C18H26N2O3/c1-2-23-16-6-4-3-5-15(16)19-17(21)9-10-20-11-13-7-8-14(12-20)18(13)22/h3-6,13-14,18,22H,2,7-12H2,1H3,(H,19,21)/t13-,14+,18?. The third-order valence-electron chi connectivity index (χ3n) is 4.98. The molecule has 3 rings (SSSR count). The number of nitrogens with one attached hydrogen (secondary N) is 1. The number of hydrogen-bond donors (Lipinski definition) is 2. The molecule has 1 aromatic carbocycles. The lowest BCUT2D eigenvalue weighted by atomic mass is 9.95. The van der Waals surface area contributed by atoms with E-state index in [1.54, 1.807) is 0 Å². The lowest BCUT2D eigenvalue weighted by molar-refractivity contribution is -0.116. The Bertz CT molecular complexity index is 535. The van der Waals surface area contributed by atoms with Crippen LogP contribution in [0.15, 0.2) is 24.3 Å².